The monoisotopic (exact) mass is 543 g/mol. The Kier molecular flexibility index (Phi) is 8.69. The maximum Gasteiger partial charge on any atom is 0.281 e. The first-order chi connectivity index (χ1) is 19.4. The van der Waals surface area contributed by atoms with Gasteiger partial charge >= 0.3 is 0 Å². The quantitative estimate of drug-likeness (QED) is 0.209. The molecule has 1 aromatic carbocycles. The summed E-state index contributed by atoms with van der Waals surface area (Å²) in [5.41, 5.74) is 2.02. The lowest BCUT2D eigenvalue weighted by atomic mass is 10.1. The molecule has 1 N–H and O–H groups in total. The lowest BCUT2D eigenvalue weighted by molar-refractivity contribution is 0.101. The number of aromatic nitrogens is 5. The van der Waals surface area contributed by atoms with Crippen LogP contribution in [0.2, 0.25) is 0 Å². The highest BCUT2D eigenvalue weighted by molar-refractivity contribution is 6.04. The third kappa shape index (κ3) is 6.07. The fourth-order valence-electron chi connectivity index (χ4n) is 3.74. The van der Waals surface area contributed by atoms with Crippen LogP contribution in [0.25, 0.3) is 11.6 Å². The first-order valence-corrected chi connectivity index (χ1v) is 12.3. The lowest BCUT2D eigenvalue weighted by Gasteiger charge is -2.15. The van der Waals surface area contributed by atoms with E-state index in [1.54, 1.807) is 63.2 Å². The summed E-state index contributed by atoms with van der Waals surface area (Å²) >= 11 is 0. The van der Waals surface area contributed by atoms with Crippen LogP contribution in [-0.4, -0.2) is 58.2 Å². The number of pyridine rings is 1. The molecule has 12 heteroatoms. The molecule has 0 bridgehead atoms. The molecule has 3 heterocycles. The van der Waals surface area contributed by atoms with Crippen molar-refractivity contribution in [3.63, 3.8) is 0 Å². The van der Waals surface area contributed by atoms with Gasteiger partial charge in [0.05, 0.1) is 50.8 Å². The standard InChI is InChI=1S/C28H29N7O5/c1-7-21(19-11-22(37-5)23(38-6)12-20(19)29-4)40-18-9-10-25(31-14-18)33-28(36)27-24(39-8-2)16-35(34-27)26-15-30-13-17(3)32-26/h7,9-16H,4,8H2,1-3,5-6H3,(H,31,33,36)/b21-7+. The molecule has 3 aromatic heterocycles. The van der Waals surface area contributed by atoms with E-state index in [2.05, 4.69) is 37.1 Å². The molecule has 206 valence electrons. The Balaban J connectivity index is 1.52. The number of aliphatic imine (C=N–C) groups is 1. The smallest absolute Gasteiger partial charge is 0.281 e. The number of nitrogens with zero attached hydrogens (tertiary/aromatic N) is 6. The minimum absolute atomic E-state index is 0.0846. The summed E-state index contributed by atoms with van der Waals surface area (Å²) in [4.78, 5) is 30.0. The zero-order chi connectivity index (χ0) is 28.6. The van der Waals surface area contributed by atoms with E-state index in [-0.39, 0.29) is 5.69 Å². The molecule has 1 amide bonds. The number of rotatable bonds is 11. The Labute approximate surface area is 231 Å². The van der Waals surface area contributed by atoms with Gasteiger partial charge in [0.2, 0.25) is 0 Å². The summed E-state index contributed by atoms with van der Waals surface area (Å²) in [5, 5.41) is 7.10. The Morgan fingerprint density at radius 2 is 1.90 bits per heavy atom. The number of ether oxygens (including phenoxy) is 4. The molecule has 0 saturated carbocycles. The number of hydrogen-bond donors (Lipinski definition) is 1. The van der Waals surface area contributed by atoms with Crippen LogP contribution >= 0.6 is 0 Å². The van der Waals surface area contributed by atoms with Crippen LogP contribution in [0.15, 0.2) is 60.1 Å². The van der Waals surface area contributed by atoms with Gasteiger partial charge < -0.3 is 24.3 Å². The molecular weight excluding hydrogens is 514 g/mol. The van der Waals surface area contributed by atoms with E-state index >= 15 is 0 Å². The Morgan fingerprint density at radius 3 is 2.52 bits per heavy atom. The van der Waals surface area contributed by atoms with Gasteiger partial charge in [-0.1, -0.05) is 0 Å². The van der Waals surface area contributed by atoms with Crippen molar-refractivity contribution in [1.82, 2.24) is 24.7 Å². The molecule has 4 aromatic rings. The third-order valence-electron chi connectivity index (χ3n) is 5.58. The predicted octanol–water partition coefficient (Wildman–Crippen LogP) is 4.81. The van der Waals surface area contributed by atoms with E-state index in [4.69, 9.17) is 18.9 Å². The SMILES string of the molecule is C=Nc1cc(OC)c(OC)cc1/C(=C\C)Oc1ccc(NC(=O)c2nn(-c3cncc(C)n3)cc2OCC)nc1. The van der Waals surface area contributed by atoms with Gasteiger partial charge in [0.1, 0.15) is 17.3 Å². The first kappa shape index (κ1) is 27.8. The van der Waals surface area contributed by atoms with Crippen LogP contribution in [0.4, 0.5) is 11.5 Å². The number of carbonyl (C=O) groups excluding carboxylic acids is 1. The average Bonchev–Trinajstić information content (AvgIpc) is 3.40. The highest BCUT2D eigenvalue weighted by Gasteiger charge is 2.20. The van der Waals surface area contributed by atoms with Crippen molar-refractivity contribution in [2.24, 2.45) is 4.99 Å². The molecule has 12 nitrogen and oxygen atoms in total. The van der Waals surface area contributed by atoms with E-state index in [1.165, 1.54) is 10.9 Å². The van der Waals surface area contributed by atoms with E-state index in [0.29, 0.717) is 63.9 Å². The van der Waals surface area contributed by atoms with Gasteiger partial charge in [-0.15, -0.1) is 0 Å². The van der Waals surface area contributed by atoms with Gasteiger partial charge in [-0.3, -0.25) is 14.8 Å². The number of anilines is 1. The molecule has 0 saturated heterocycles. The maximum atomic E-state index is 13.1. The number of methoxy groups -OCH3 is 2. The third-order valence-corrected chi connectivity index (χ3v) is 5.58. The molecule has 0 fully saturated rings. The Morgan fingerprint density at radius 1 is 1.12 bits per heavy atom. The highest BCUT2D eigenvalue weighted by atomic mass is 16.5. The number of nitrogens with one attached hydrogen (secondary N) is 1. The fourth-order valence-corrected chi connectivity index (χ4v) is 3.74. The number of aryl methyl sites for hydroxylation is 1. The molecule has 0 aliphatic heterocycles. The predicted molar refractivity (Wildman–Crippen MR) is 150 cm³/mol. The summed E-state index contributed by atoms with van der Waals surface area (Å²) in [6.45, 7) is 9.47. The van der Waals surface area contributed by atoms with E-state index in [1.807, 2.05) is 20.8 Å². The average molecular weight is 544 g/mol. The van der Waals surface area contributed by atoms with Crippen LogP contribution in [0, 0.1) is 6.92 Å². The highest BCUT2D eigenvalue weighted by Crippen LogP contribution is 2.38. The fraction of sp³-hybridized carbons (Fsp3) is 0.214. The number of carbonyl (C=O) groups is 1. The molecular formula is C28H29N7O5. The minimum atomic E-state index is -0.495. The second-order valence-corrected chi connectivity index (χ2v) is 8.21. The molecule has 0 aliphatic rings. The topological polar surface area (TPSA) is 135 Å². The van der Waals surface area contributed by atoms with Gasteiger partial charge in [-0.2, -0.15) is 5.10 Å². The Bertz CT molecular complexity index is 1550. The van der Waals surface area contributed by atoms with Crippen molar-refractivity contribution >= 4 is 29.9 Å². The van der Waals surface area contributed by atoms with Crippen LogP contribution in [-0.2, 0) is 0 Å². The van der Waals surface area contributed by atoms with E-state index in [9.17, 15) is 4.79 Å². The summed E-state index contributed by atoms with van der Waals surface area (Å²) in [6, 6.07) is 6.77. The summed E-state index contributed by atoms with van der Waals surface area (Å²) in [7, 11) is 3.10. The first-order valence-electron chi connectivity index (χ1n) is 12.3. The molecule has 0 atom stereocenters. The van der Waals surface area contributed by atoms with Crippen LogP contribution in [0.3, 0.4) is 0 Å². The van der Waals surface area contributed by atoms with Gasteiger partial charge in [0.25, 0.3) is 5.91 Å². The van der Waals surface area contributed by atoms with Crippen molar-refractivity contribution in [2.75, 3.05) is 26.1 Å². The summed E-state index contributed by atoms with van der Waals surface area (Å²) in [5.74, 6) is 2.56. The molecule has 0 radical (unpaired) electrons. The van der Waals surface area contributed by atoms with Crippen molar-refractivity contribution in [2.45, 2.75) is 20.8 Å². The van der Waals surface area contributed by atoms with Gasteiger partial charge in [0.15, 0.2) is 28.8 Å². The minimum Gasteiger partial charge on any atom is -0.493 e. The molecule has 0 unspecified atom stereocenters. The zero-order valence-corrected chi connectivity index (χ0v) is 22.8. The summed E-state index contributed by atoms with van der Waals surface area (Å²) < 4.78 is 23.9. The summed E-state index contributed by atoms with van der Waals surface area (Å²) in [6.07, 6.45) is 8.05. The maximum absolute atomic E-state index is 13.1. The van der Waals surface area contributed by atoms with Gasteiger partial charge in [-0.25, -0.2) is 14.6 Å². The second-order valence-electron chi connectivity index (χ2n) is 8.21. The van der Waals surface area contributed by atoms with Crippen molar-refractivity contribution < 1.29 is 23.7 Å². The van der Waals surface area contributed by atoms with E-state index in [0.717, 1.165) is 0 Å². The number of amides is 1. The molecule has 4 rings (SSSR count). The largest absolute Gasteiger partial charge is 0.493 e. The van der Waals surface area contributed by atoms with Crippen molar-refractivity contribution in [3.05, 3.63) is 72.1 Å². The van der Waals surface area contributed by atoms with Crippen LogP contribution in [0.5, 0.6) is 23.0 Å². The molecule has 0 aliphatic carbocycles. The van der Waals surface area contributed by atoms with Crippen molar-refractivity contribution in [3.8, 4) is 28.8 Å². The van der Waals surface area contributed by atoms with Crippen LogP contribution in [0.1, 0.15) is 35.6 Å². The molecule has 0 spiro atoms. The second kappa shape index (κ2) is 12.5. The lowest BCUT2D eigenvalue weighted by Crippen LogP contribution is -2.15. The number of benzene rings is 1. The van der Waals surface area contributed by atoms with Crippen LogP contribution < -0.4 is 24.3 Å². The van der Waals surface area contributed by atoms with Gasteiger partial charge in [0, 0.05) is 17.8 Å². The Hall–Kier alpha value is -5.26. The number of hydrogen-bond acceptors (Lipinski definition) is 10. The molecule has 40 heavy (non-hydrogen) atoms. The van der Waals surface area contributed by atoms with E-state index < -0.39 is 5.91 Å². The normalized spacial score (nSPS) is 11.1. The zero-order valence-electron chi connectivity index (χ0n) is 22.8. The number of allylic oxidation sites excluding steroid dienone is 1. The van der Waals surface area contributed by atoms with Crippen molar-refractivity contribution in [1.29, 1.82) is 0 Å². The van der Waals surface area contributed by atoms with Gasteiger partial charge in [-0.05, 0) is 51.8 Å².